The van der Waals surface area contributed by atoms with E-state index in [4.69, 9.17) is 11.6 Å². The number of thioether (sulfide) groups is 1. The molecule has 1 saturated heterocycles. The summed E-state index contributed by atoms with van der Waals surface area (Å²) in [6.07, 6.45) is 1.93. The Hall–Kier alpha value is -2.18. The van der Waals surface area contributed by atoms with Gasteiger partial charge in [0.15, 0.2) is 0 Å². The van der Waals surface area contributed by atoms with Crippen molar-refractivity contribution in [2.75, 3.05) is 42.7 Å². The van der Waals surface area contributed by atoms with Gasteiger partial charge in [0.1, 0.15) is 0 Å². The number of benzene rings is 2. The number of carbonyl (C=O) groups is 2. The number of carbonyl (C=O) groups excluding carboxylic acids is 2. The van der Waals surface area contributed by atoms with Crippen molar-refractivity contribution in [3.8, 4) is 0 Å². The number of rotatable bonds is 3. The van der Waals surface area contributed by atoms with Crippen LogP contribution in [0.15, 0.2) is 53.4 Å². The van der Waals surface area contributed by atoms with Gasteiger partial charge in [0.2, 0.25) is 0 Å². The van der Waals surface area contributed by atoms with Crippen LogP contribution < -0.4 is 10.2 Å². The standard InChI is InChI=1S/C19H20ClN3O2S/c1-26-17-8-3-2-7-16(17)21-18(24)19(25)23-11-9-22(10-12-23)15-6-4-5-14(20)13-15/h2-8,13H,9-12H2,1H3,(H,21,24). The first kappa shape index (κ1) is 18.6. The van der Waals surface area contributed by atoms with Crippen LogP contribution in [0.25, 0.3) is 0 Å². The van der Waals surface area contributed by atoms with Crippen molar-refractivity contribution in [2.45, 2.75) is 4.90 Å². The Bertz CT molecular complexity index is 807. The fraction of sp³-hybridized carbons (Fsp3) is 0.263. The third-order valence-corrected chi connectivity index (χ3v) is 5.32. The highest BCUT2D eigenvalue weighted by Gasteiger charge is 2.26. The van der Waals surface area contributed by atoms with Crippen LogP contribution in [0.4, 0.5) is 11.4 Å². The van der Waals surface area contributed by atoms with E-state index in [1.807, 2.05) is 48.7 Å². The molecular weight excluding hydrogens is 370 g/mol. The minimum atomic E-state index is -0.595. The van der Waals surface area contributed by atoms with Crippen molar-refractivity contribution in [1.29, 1.82) is 0 Å². The summed E-state index contributed by atoms with van der Waals surface area (Å²) in [5, 5.41) is 3.41. The predicted molar refractivity (Wildman–Crippen MR) is 107 cm³/mol. The summed E-state index contributed by atoms with van der Waals surface area (Å²) < 4.78 is 0. The second kappa shape index (κ2) is 8.47. The summed E-state index contributed by atoms with van der Waals surface area (Å²) in [4.78, 5) is 29.5. The second-order valence-electron chi connectivity index (χ2n) is 5.91. The molecule has 0 aliphatic carbocycles. The van der Waals surface area contributed by atoms with Crippen LogP contribution in [0.2, 0.25) is 5.02 Å². The molecule has 2 aromatic rings. The molecule has 0 atom stereocenters. The summed E-state index contributed by atoms with van der Waals surface area (Å²) in [5.74, 6) is -1.09. The van der Waals surface area contributed by atoms with Gasteiger partial charge in [-0.05, 0) is 36.6 Å². The maximum Gasteiger partial charge on any atom is 0.313 e. The van der Waals surface area contributed by atoms with Gasteiger partial charge >= 0.3 is 11.8 Å². The average Bonchev–Trinajstić information content (AvgIpc) is 2.68. The van der Waals surface area contributed by atoms with Gasteiger partial charge in [0, 0.05) is 41.8 Å². The van der Waals surface area contributed by atoms with Gasteiger partial charge in [-0.1, -0.05) is 29.8 Å². The molecule has 1 aliphatic heterocycles. The molecule has 0 radical (unpaired) electrons. The highest BCUT2D eigenvalue weighted by atomic mass is 35.5. The number of para-hydroxylation sites is 1. The number of piperazine rings is 1. The predicted octanol–water partition coefficient (Wildman–Crippen LogP) is 3.35. The lowest BCUT2D eigenvalue weighted by molar-refractivity contribution is -0.143. The van der Waals surface area contributed by atoms with Crippen molar-refractivity contribution < 1.29 is 9.59 Å². The van der Waals surface area contributed by atoms with Crippen LogP contribution in [-0.2, 0) is 9.59 Å². The first-order chi connectivity index (χ1) is 12.6. The lowest BCUT2D eigenvalue weighted by atomic mass is 10.2. The zero-order valence-electron chi connectivity index (χ0n) is 14.4. The Balaban J connectivity index is 1.58. The van der Waals surface area contributed by atoms with E-state index < -0.39 is 11.8 Å². The molecular formula is C19H20ClN3O2S. The van der Waals surface area contributed by atoms with E-state index >= 15 is 0 Å². The average molecular weight is 390 g/mol. The van der Waals surface area contributed by atoms with Gasteiger partial charge < -0.3 is 15.1 Å². The summed E-state index contributed by atoms with van der Waals surface area (Å²) >= 11 is 7.57. The molecule has 0 unspecified atom stereocenters. The van der Waals surface area contributed by atoms with E-state index in [9.17, 15) is 9.59 Å². The van der Waals surface area contributed by atoms with Gasteiger partial charge in [-0.3, -0.25) is 9.59 Å². The van der Waals surface area contributed by atoms with E-state index in [1.54, 1.807) is 11.0 Å². The molecule has 26 heavy (non-hydrogen) atoms. The third kappa shape index (κ3) is 4.31. The largest absolute Gasteiger partial charge is 0.368 e. The number of anilines is 2. The molecule has 1 aliphatic rings. The molecule has 5 nitrogen and oxygen atoms in total. The molecule has 0 saturated carbocycles. The van der Waals surface area contributed by atoms with Gasteiger partial charge in [-0.15, -0.1) is 11.8 Å². The highest BCUT2D eigenvalue weighted by Crippen LogP contribution is 2.25. The summed E-state index contributed by atoms with van der Waals surface area (Å²) in [6.45, 7) is 2.34. The second-order valence-corrected chi connectivity index (χ2v) is 7.20. The van der Waals surface area contributed by atoms with Crippen LogP contribution in [0.5, 0.6) is 0 Å². The Morgan fingerprint density at radius 1 is 1.04 bits per heavy atom. The van der Waals surface area contributed by atoms with Crippen LogP contribution >= 0.6 is 23.4 Å². The Morgan fingerprint density at radius 2 is 1.77 bits per heavy atom. The van der Waals surface area contributed by atoms with Crippen molar-refractivity contribution in [1.82, 2.24) is 4.90 Å². The quantitative estimate of drug-likeness (QED) is 0.646. The summed E-state index contributed by atoms with van der Waals surface area (Å²) in [7, 11) is 0. The molecule has 1 fully saturated rings. The maximum atomic E-state index is 12.5. The fourth-order valence-electron chi connectivity index (χ4n) is 2.91. The molecule has 136 valence electrons. The highest BCUT2D eigenvalue weighted by molar-refractivity contribution is 7.98. The van der Waals surface area contributed by atoms with Crippen molar-refractivity contribution in [3.05, 3.63) is 53.6 Å². The third-order valence-electron chi connectivity index (χ3n) is 4.29. The fourth-order valence-corrected chi connectivity index (χ4v) is 3.65. The molecule has 3 rings (SSSR count). The number of halogens is 1. The van der Waals surface area contributed by atoms with Gasteiger partial charge in [-0.2, -0.15) is 0 Å². The zero-order chi connectivity index (χ0) is 18.5. The molecule has 0 aromatic heterocycles. The monoisotopic (exact) mass is 389 g/mol. The molecule has 7 heteroatoms. The van der Waals surface area contributed by atoms with Gasteiger partial charge in [0.05, 0.1) is 5.69 Å². The summed E-state index contributed by atoms with van der Waals surface area (Å²) in [5.41, 5.74) is 1.69. The minimum Gasteiger partial charge on any atom is -0.368 e. The molecule has 0 bridgehead atoms. The van der Waals surface area contributed by atoms with E-state index in [1.165, 1.54) is 11.8 Å². The number of hydrogen-bond acceptors (Lipinski definition) is 4. The first-order valence-electron chi connectivity index (χ1n) is 8.32. The van der Waals surface area contributed by atoms with Crippen LogP contribution in [0, 0.1) is 0 Å². The van der Waals surface area contributed by atoms with E-state index in [2.05, 4.69) is 10.2 Å². The Kier molecular flexibility index (Phi) is 6.06. The van der Waals surface area contributed by atoms with Crippen LogP contribution in [-0.4, -0.2) is 49.1 Å². The van der Waals surface area contributed by atoms with E-state index in [-0.39, 0.29) is 0 Å². The van der Waals surface area contributed by atoms with Gasteiger partial charge in [-0.25, -0.2) is 0 Å². The van der Waals surface area contributed by atoms with Crippen molar-refractivity contribution in [2.24, 2.45) is 0 Å². The molecule has 1 N–H and O–H groups in total. The first-order valence-corrected chi connectivity index (χ1v) is 9.92. The molecule has 2 aromatic carbocycles. The lowest BCUT2D eigenvalue weighted by Gasteiger charge is -2.35. The Labute approximate surface area is 162 Å². The maximum absolute atomic E-state index is 12.5. The number of amides is 2. The number of nitrogens with one attached hydrogen (secondary N) is 1. The van der Waals surface area contributed by atoms with Gasteiger partial charge in [0.25, 0.3) is 0 Å². The van der Waals surface area contributed by atoms with Crippen molar-refractivity contribution in [3.63, 3.8) is 0 Å². The lowest BCUT2D eigenvalue weighted by Crippen LogP contribution is -2.51. The van der Waals surface area contributed by atoms with E-state index in [0.29, 0.717) is 36.9 Å². The normalized spacial score (nSPS) is 14.2. The zero-order valence-corrected chi connectivity index (χ0v) is 16.0. The smallest absolute Gasteiger partial charge is 0.313 e. The molecule has 2 amide bonds. The summed E-state index contributed by atoms with van der Waals surface area (Å²) in [6, 6.07) is 15.1. The topological polar surface area (TPSA) is 52.7 Å². The van der Waals surface area contributed by atoms with E-state index in [0.717, 1.165) is 10.6 Å². The van der Waals surface area contributed by atoms with Crippen LogP contribution in [0.3, 0.4) is 0 Å². The van der Waals surface area contributed by atoms with Crippen LogP contribution in [0.1, 0.15) is 0 Å². The molecule has 0 spiro atoms. The minimum absolute atomic E-state index is 0.494. The Morgan fingerprint density at radius 3 is 2.46 bits per heavy atom. The van der Waals surface area contributed by atoms with Crippen molar-refractivity contribution >= 4 is 46.6 Å². The number of hydrogen-bond donors (Lipinski definition) is 1. The number of nitrogens with zero attached hydrogens (tertiary/aromatic N) is 2. The molecule has 1 heterocycles. The SMILES string of the molecule is CSc1ccccc1NC(=O)C(=O)N1CCN(c2cccc(Cl)c2)CC1.